The SMILES string of the molecule is COc1cc2c(cc1OC)CN(CC(=O)N1c3ccccc3Sc3ccc(C(C)=O)cc31)C(C)C2. The van der Waals surface area contributed by atoms with E-state index in [4.69, 9.17) is 9.47 Å². The maximum absolute atomic E-state index is 13.9. The summed E-state index contributed by atoms with van der Waals surface area (Å²) in [7, 11) is 3.28. The number of carbonyl (C=O) groups excluding carboxylic acids is 2. The van der Waals surface area contributed by atoms with Gasteiger partial charge >= 0.3 is 0 Å². The van der Waals surface area contributed by atoms with Crippen LogP contribution in [0.25, 0.3) is 0 Å². The minimum atomic E-state index is -0.0188. The van der Waals surface area contributed by atoms with Gasteiger partial charge in [-0.15, -0.1) is 0 Å². The molecule has 6 nitrogen and oxygen atoms in total. The van der Waals surface area contributed by atoms with E-state index in [1.807, 2.05) is 54.6 Å². The van der Waals surface area contributed by atoms with Crippen molar-refractivity contribution in [3.05, 3.63) is 71.3 Å². The third kappa shape index (κ3) is 4.30. The molecule has 5 rings (SSSR count). The lowest BCUT2D eigenvalue weighted by Crippen LogP contribution is -2.45. The Hall–Kier alpha value is -3.29. The van der Waals surface area contributed by atoms with Crippen molar-refractivity contribution in [1.29, 1.82) is 0 Å². The maximum atomic E-state index is 13.9. The van der Waals surface area contributed by atoms with E-state index in [0.717, 1.165) is 38.9 Å². The molecule has 2 aliphatic heterocycles. The van der Waals surface area contributed by atoms with Crippen LogP contribution in [-0.4, -0.2) is 43.4 Å². The van der Waals surface area contributed by atoms with E-state index in [-0.39, 0.29) is 24.3 Å². The molecular weight excluding hydrogens is 460 g/mol. The molecule has 0 spiro atoms. The number of Topliss-reactive ketones (excluding diaryl/α,β-unsaturated/α-hetero) is 1. The first kappa shape index (κ1) is 23.5. The predicted molar refractivity (Wildman–Crippen MR) is 137 cm³/mol. The summed E-state index contributed by atoms with van der Waals surface area (Å²) in [6.45, 7) is 4.60. The zero-order chi connectivity index (χ0) is 24.7. The molecule has 2 aliphatic rings. The Labute approximate surface area is 209 Å². The molecule has 3 aromatic rings. The number of hydrogen-bond acceptors (Lipinski definition) is 6. The minimum Gasteiger partial charge on any atom is -0.493 e. The van der Waals surface area contributed by atoms with Crippen molar-refractivity contribution in [3.8, 4) is 11.5 Å². The van der Waals surface area contributed by atoms with Gasteiger partial charge in [0.25, 0.3) is 0 Å². The number of benzene rings is 3. The van der Waals surface area contributed by atoms with Crippen molar-refractivity contribution in [3.63, 3.8) is 0 Å². The molecule has 0 bridgehead atoms. The highest BCUT2D eigenvalue weighted by molar-refractivity contribution is 7.99. The van der Waals surface area contributed by atoms with Gasteiger partial charge in [0.2, 0.25) is 5.91 Å². The van der Waals surface area contributed by atoms with Gasteiger partial charge in [0.15, 0.2) is 17.3 Å². The fourth-order valence-corrected chi connectivity index (χ4v) is 5.86. The van der Waals surface area contributed by atoms with Gasteiger partial charge < -0.3 is 9.47 Å². The molecule has 0 aromatic heterocycles. The number of anilines is 2. The Bertz CT molecular complexity index is 1320. The monoisotopic (exact) mass is 488 g/mol. The van der Waals surface area contributed by atoms with Crippen LogP contribution in [0.3, 0.4) is 0 Å². The highest BCUT2D eigenvalue weighted by Gasteiger charge is 2.32. The van der Waals surface area contributed by atoms with E-state index in [0.29, 0.717) is 17.9 Å². The fourth-order valence-electron chi connectivity index (χ4n) is 4.82. The van der Waals surface area contributed by atoms with Gasteiger partial charge in [0, 0.05) is 27.9 Å². The quantitative estimate of drug-likeness (QED) is 0.443. The number of para-hydroxylation sites is 1. The maximum Gasteiger partial charge on any atom is 0.245 e. The van der Waals surface area contributed by atoms with Crippen molar-refractivity contribution in [2.75, 3.05) is 25.7 Å². The Morgan fingerprint density at radius 3 is 2.34 bits per heavy atom. The van der Waals surface area contributed by atoms with E-state index in [1.54, 1.807) is 37.8 Å². The lowest BCUT2D eigenvalue weighted by atomic mass is 9.94. The van der Waals surface area contributed by atoms with Gasteiger partial charge in [-0.05, 0) is 67.8 Å². The fraction of sp³-hybridized carbons (Fsp3) is 0.286. The molecule has 0 fully saturated rings. The second-order valence-corrected chi connectivity index (χ2v) is 10.1. The van der Waals surface area contributed by atoms with Crippen molar-refractivity contribution in [1.82, 2.24) is 4.90 Å². The standard InChI is InChI=1S/C28H28N2O4S/c1-17-11-20-13-24(33-3)25(34-4)14-21(20)15-29(17)16-28(32)30-22-7-5-6-8-26(22)35-27-10-9-19(18(2)31)12-23(27)30/h5-10,12-14,17H,11,15-16H2,1-4H3. The second kappa shape index (κ2) is 9.40. The Morgan fingerprint density at radius 2 is 1.63 bits per heavy atom. The van der Waals surface area contributed by atoms with Crippen LogP contribution in [0.5, 0.6) is 11.5 Å². The zero-order valence-electron chi connectivity index (χ0n) is 20.3. The summed E-state index contributed by atoms with van der Waals surface area (Å²) in [5.41, 5.74) is 4.58. The summed E-state index contributed by atoms with van der Waals surface area (Å²) in [5.74, 6) is 1.38. The van der Waals surface area contributed by atoms with Crippen LogP contribution in [0.4, 0.5) is 11.4 Å². The van der Waals surface area contributed by atoms with Crippen molar-refractivity contribution >= 4 is 34.8 Å². The smallest absolute Gasteiger partial charge is 0.245 e. The second-order valence-electron chi connectivity index (χ2n) is 8.97. The van der Waals surface area contributed by atoms with Crippen LogP contribution in [0.15, 0.2) is 64.4 Å². The first-order valence-corrected chi connectivity index (χ1v) is 12.4. The van der Waals surface area contributed by atoms with Crippen LogP contribution in [-0.2, 0) is 17.8 Å². The third-order valence-corrected chi connectivity index (χ3v) is 7.87. The van der Waals surface area contributed by atoms with Gasteiger partial charge in [-0.25, -0.2) is 0 Å². The number of fused-ring (bicyclic) bond motifs is 3. The molecule has 1 atom stereocenters. The largest absolute Gasteiger partial charge is 0.493 e. The number of carbonyl (C=O) groups is 2. The predicted octanol–water partition coefficient (Wildman–Crippen LogP) is 5.48. The minimum absolute atomic E-state index is 0.0181. The lowest BCUT2D eigenvalue weighted by molar-refractivity contribution is -0.119. The average Bonchev–Trinajstić information content (AvgIpc) is 2.86. The van der Waals surface area contributed by atoms with E-state index in [9.17, 15) is 9.59 Å². The molecule has 3 aromatic carbocycles. The Kier molecular flexibility index (Phi) is 6.30. The van der Waals surface area contributed by atoms with Gasteiger partial charge in [-0.2, -0.15) is 0 Å². The summed E-state index contributed by atoms with van der Waals surface area (Å²) in [4.78, 5) is 32.0. The summed E-state index contributed by atoms with van der Waals surface area (Å²) >= 11 is 1.62. The van der Waals surface area contributed by atoms with Crippen LogP contribution in [0.2, 0.25) is 0 Å². The first-order chi connectivity index (χ1) is 16.9. The zero-order valence-corrected chi connectivity index (χ0v) is 21.1. The summed E-state index contributed by atoms with van der Waals surface area (Å²) < 4.78 is 11.0. The third-order valence-electron chi connectivity index (χ3n) is 6.74. The topological polar surface area (TPSA) is 59.1 Å². The normalized spacial score (nSPS) is 16.7. The molecule has 180 valence electrons. The number of hydrogen-bond donors (Lipinski definition) is 0. The van der Waals surface area contributed by atoms with Gasteiger partial charge in [-0.1, -0.05) is 30.0 Å². The number of rotatable bonds is 5. The van der Waals surface area contributed by atoms with Gasteiger partial charge in [-0.3, -0.25) is 19.4 Å². The molecule has 35 heavy (non-hydrogen) atoms. The molecule has 1 unspecified atom stereocenters. The summed E-state index contributed by atoms with van der Waals surface area (Å²) in [6, 6.07) is 17.8. The molecule has 0 saturated heterocycles. The molecule has 0 N–H and O–H groups in total. The summed E-state index contributed by atoms with van der Waals surface area (Å²) in [6.07, 6.45) is 0.820. The number of amides is 1. The van der Waals surface area contributed by atoms with Gasteiger partial charge in [0.1, 0.15) is 0 Å². The number of nitrogens with zero attached hydrogens (tertiary/aromatic N) is 2. The van der Waals surface area contributed by atoms with E-state index in [2.05, 4.69) is 11.8 Å². The number of ketones is 1. The highest BCUT2D eigenvalue weighted by Crippen LogP contribution is 2.48. The van der Waals surface area contributed by atoms with Crippen LogP contribution in [0.1, 0.15) is 35.3 Å². The van der Waals surface area contributed by atoms with Crippen molar-refractivity contribution in [2.24, 2.45) is 0 Å². The number of ether oxygens (including phenoxy) is 2. The van der Waals surface area contributed by atoms with E-state index >= 15 is 0 Å². The average molecular weight is 489 g/mol. The van der Waals surface area contributed by atoms with Crippen molar-refractivity contribution < 1.29 is 19.1 Å². The lowest BCUT2D eigenvalue weighted by Gasteiger charge is -2.37. The number of methoxy groups -OCH3 is 2. The molecule has 0 radical (unpaired) electrons. The molecule has 0 aliphatic carbocycles. The summed E-state index contributed by atoms with van der Waals surface area (Å²) in [5, 5.41) is 0. The highest BCUT2D eigenvalue weighted by atomic mass is 32.2. The first-order valence-electron chi connectivity index (χ1n) is 11.6. The van der Waals surface area contributed by atoms with Crippen LogP contribution >= 0.6 is 11.8 Å². The Balaban J connectivity index is 1.47. The molecule has 0 saturated carbocycles. The van der Waals surface area contributed by atoms with E-state index < -0.39 is 0 Å². The van der Waals surface area contributed by atoms with E-state index in [1.165, 1.54) is 5.56 Å². The molecule has 1 amide bonds. The molecular formula is C28H28N2O4S. The van der Waals surface area contributed by atoms with Crippen molar-refractivity contribution in [2.45, 2.75) is 42.6 Å². The molecule has 7 heteroatoms. The van der Waals surface area contributed by atoms with Crippen LogP contribution in [0, 0.1) is 0 Å². The van der Waals surface area contributed by atoms with Gasteiger partial charge in [0.05, 0.1) is 32.1 Å². The Morgan fingerprint density at radius 1 is 0.943 bits per heavy atom. The molecule has 2 heterocycles. The van der Waals surface area contributed by atoms with Crippen LogP contribution < -0.4 is 14.4 Å².